The van der Waals surface area contributed by atoms with E-state index in [2.05, 4.69) is 32.0 Å². The summed E-state index contributed by atoms with van der Waals surface area (Å²) in [5.41, 5.74) is 4.46. The van der Waals surface area contributed by atoms with Crippen LogP contribution in [0.2, 0.25) is 0 Å². The third-order valence-corrected chi connectivity index (χ3v) is 3.88. The average Bonchev–Trinajstić information content (AvgIpc) is 2.46. The highest BCUT2D eigenvalue weighted by Crippen LogP contribution is 2.38. The Bertz CT molecular complexity index is 608. The first kappa shape index (κ1) is 14.7. The van der Waals surface area contributed by atoms with Gasteiger partial charge in [0.15, 0.2) is 0 Å². The summed E-state index contributed by atoms with van der Waals surface area (Å²) in [6, 6.07) is 12.0. The van der Waals surface area contributed by atoms with E-state index in [0.717, 1.165) is 22.6 Å². The Kier molecular flexibility index (Phi) is 4.56. The summed E-state index contributed by atoms with van der Waals surface area (Å²) in [7, 11) is 3.28. The molecule has 2 aromatic carbocycles. The Morgan fingerprint density at radius 2 is 1.60 bits per heavy atom. The molecule has 2 rings (SSSR count). The van der Waals surface area contributed by atoms with Gasteiger partial charge >= 0.3 is 0 Å². The van der Waals surface area contributed by atoms with E-state index in [4.69, 9.17) is 21.1 Å². The summed E-state index contributed by atoms with van der Waals surface area (Å²) in [6.45, 7) is 4.15. The summed E-state index contributed by atoms with van der Waals surface area (Å²) >= 11 is 6.65. The quantitative estimate of drug-likeness (QED) is 0.763. The Morgan fingerprint density at radius 1 is 0.900 bits per heavy atom. The van der Waals surface area contributed by atoms with Gasteiger partial charge in [0.05, 0.1) is 19.6 Å². The minimum absolute atomic E-state index is 0.239. The molecule has 0 aliphatic carbocycles. The van der Waals surface area contributed by atoms with Gasteiger partial charge in [-0.25, -0.2) is 0 Å². The predicted octanol–water partition coefficient (Wildman–Crippen LogP) is 4.65. The number of hydrogen-bond donors (Lipinski definition) is 0. The lowest BCUT2D eigenvalue weighted by atomic mass is 9.97. The highest BCUT2D eigenvalue weighted by atomic mass is 35.5. The molecule has 0 radical (unpaired) electrons. The fraction of sp³-hybridized carbons (Fsp3) is 0.294. The number of halogens is 1. The number of benzene rings is 2. The maximum atomic E-state index is 6.65. The predicted molar refractivity (Wildman–Crippen MR) is 83.2 cm³/mol. The lowest BCUT2D eigenvalue weighted by Gasteiger charge is -2.17. The van der Waals surface area contributed by atoms with Crippen LogP contribution in [0.15, 0.2) is 36.4 Å². The molecule has 0 N–H and O–H groups in total. The second kappa shape index (κ2) is 6.19. The zero-order chi connectivity index (χ0) is 14.7. The van der Waals surface area contributed by atoms with Crippen LogP contribution in [-0.2, 0) is 0 Å². The molecule has 0 bridgehead atoms. The lowest BCUT2D eigenvalue weighted by molar-refractivity contribution is 0.391. The molecular formula is C17H19ClO2. The molecular weight excluding hydrogens is 272 g/mol. The van der Waals surface area contributed by atoms with Crippen molar-refractivity contribution in [1.82, 2.24) is 0 Å². The fourth-order valence-corrected chi connectivity index (χ4v) is 2.73. The average molecular weight is 291 g/mol. The number of ether oxygens (including phenoxy) is 2. The van der Waals surface area contributed by atoms with Crippen LogP contribution in [0.3, 0.4) is 0 Å². The molecule has 2 nitrogen and oxygen atoms in total. The van der Waals surface area contributed by atoms with Crippen molar-refractivity contribution in [2.24, 2.45) is 0 Å². The molecule has 0 saturated heterocycles. The summed E-state index contributed by atoms with van der Waals surface area (Å²) in [5.74, 6) is 1.50. The first-order valence-corrected chi connectivity index (χ1v) is 6.93. The first-order valence-electron chi connectivity index (χ1n) is 6.50. The van der Waals surface area contributed by atoms with E-state index < -0.39 is 0 Å². The smallest absolute Gasteiger partial charge is 0.127 e. The van der Waals surface area contributed by atoms with Crippen LogP contribution < -0.4 is 9.47 Å². The molecule has 0 aliphatic heterocycles. The zero-order valence-corrected chi connectivity index (χ0v) is 13.0. The molecule has 0 aliphatic rings. The van der Waals surface area contributed by atoms with Crippen molar-refractivity contribution in [3.05, 3.63) is 58.7 Å². The fourth-order valence-electron chi connectivity index (χ4n) is 2.31. The van der Waals surface area contributed by atoms with E-state index in [9.17, 15) is 0 Å². The van der Waals surface area contributed by atoms with Gasteiger partial charge in [0.2, 0.25) is 0 Å². The number of aryl methyl sites for hydroxylation is 2. The molecule has 1 unspecified atom stereocenters. The van der Waals surface area contributed by atoms with Crippen LogP contribution >= 0.6 is 11.6 Å². The Balaban J connectivity index is 2.44. The van der Waals surface area contributed by atoms with Gasteiger partial charge in [-0.3, -0.25) is 0 Å². The van der Waals surface area contributed by atoms with Crippen molar-refractivity contribution in [2.75, 3.05) is 14.2 Å². The first-order chi connectivity index (χ1) is 9.56. The minimum atomic E-state index is -0.239. The van der Waals surface area contributed by atoms with Crippen LogP contribution in [0.5, 0.6) is 11.5 Å². The van der Waals surface area contributed by atoms with E-state index in [1.807, 2.05) is 18.2 Å². The maximum absolute atomic E-state index is 6.65. The minimum Gasteiger partial charge on any atom is -0.497 e. The van der Waals surface area contributed by atoms with Crippen LogP contribution in [0.4, 0.5) is 0 Å². The Morgan fingerprint density at radius 3 is 2.20 bits per heavy atom. The molecule has 2 aromatic rings. The van der Waals surface area contributed by atoms with Gasteiger partial charge in [-0.05, 0) is 37.1 Å². The number of methoxy groups -OCH3 is 2. The molecule has 1 atom stereocenters. The third-order valence-electron chi connectivity index (χ3n) is 3.41. The largest absolute Gasteiger partial charge is 0.497 e. The van der Waals surface area contributed by atoms with Crippen LogP contribution in [0.1, 0.15) is 27.6 Å². The molecule has 0 aromatic heterocycles. The van der Waals surface area contributed by atoms with E-state index in [-0.39, 0.29) is 5.38 Å². The monoisotopic (exact) mass is 290 g/mol. The molecule has 3 heteroatoms. The SMILES string of the molecule is COc1ccc(C(Cl)c2ccc(C)cc2C)c(OC)c1. The third kappa shape index (κ3) is 2.91. The van der Waals surface area contributed by atoms with E-state index in [1.165, 1.54) is 11.1 Å². The van der Waals surface area contributed by atoms with E-state index in [1.54, 1.807) is 14.2 Å². The van der Waals surface area contributed by atoms with Gasteiger partial charge in [-0.1, -0.05) is 23.8 Å². The number of alkyl halides is 1. The second-order valence-electron chi connectivity index (χ2n) is 4.83. The summed E-state index contributed by atoms with van der Waals surface area (Å²) in [5, 5.41) is -0.239. The van der Waals surface area contributed by atoms with Crippen LogP contribution in [0, 0.1) is 13.8 Å². The zero-order valence-electron chi connectivity index (χ0n) is 12.2. The van der Waals surface area contributed by atoms with Crippen molar-refractivity contribution in [3.63, 3.8) is 0 Å². The van der Waals surface area contributed by atoms with Crippen LogP contribution in [-0.4, -0.2) is 14.2 Å². The highest BCUT2D eigenvalue weighted by Gasteiger charge is 2.18. The Labute approximate surface area is 125 Å². The normalized spacial score (nSPS) is 12.1. The molecule has 106 valence electrons. The molecule has 0 heterocycles. The molecule has 0 saturated carbocycles. The standard InChI is InChI=1S/C17H19ClO2/c1-11-5-7-14(12(2)9-11)17(18)15-8-6-13(19-3)10-16(15)20-4/h5-10,17H,1-4H3. The van der Waals surface area contributed by atoms with E-state index >= 15 is 0 Å². The summed E-state index contributed by atoms with van der Waals surface area (Å²) in [4.78, 5) is 0. The molecule has 0 spiro atoms. The second-order valence-corrected chi connectivity index (χ2v) is 5.27. The number of hydrogen-bond acceptors (Lipinski definition) is 2. The van der Waals surface area contributed by atoms with Gasteiger partial charge < -0.3 is 9.47 Å². The molecule has 0 amide bonds. The van der Waals surface area contributed by atoms with Crippen molar-refractivity contribution >= 4 is 11.6 Å². The number of rotatable bonds is 4. The van der Waals surface area contributed by atoms with Gasteiger partial charge in [0, 0.05) is 11.6 Å². The lowest BCUT2D eigenvalue weighted by Crippen LogP contribution is -2.00. The van der Waals surface area contributed by atoms with Crippen molar-refractivity contribution in [3.8, 4) is 11.5 Å². The highest BCUT2D eigenvalue weighted by molar-refractivity contribution is 6.23. The van der Waals surface area contributed by atoms with Gasteiger partial charge in [0.1, 0.15) is 11.5 Å². The van der Waals surface area contributed by atoms with Gasteiger partial charge in [-0.15, -0.1) is 11.6 Å². The summed E-state index contributed by atoms with van der Waals surface area (Å²) in [6.07, 6.45) is 0. The molecule has 0 fully saturated rings. The van der Waals surface area contributed by atoms with Crippen molar-refractivity contribution < 1.29 is 9.47 Å². The molecule has 20 heavy (non-hydrogen) atoms. The van der Waals surface area contributed by atoms with Gasteiger partial charge in [-0.2, -0.15) is 0 Å². The van der Waals surface area contributed by atoms with Crippen molar-refractivity contribution in [2.45, 2.75) is 19.2 Å². The topological polar surface area (TPSA) is 18.5 Å². The summed E-state index contributed by atoms with van der Waals surface area (Å²) < 4.78 is 10.6. The van der Waals surface area contributed by atoms with Gasteiger partial charge in [0.25, 0.3) is 0 Å². The van der Waals surface area contributed by atoms with Crippen molar-refractivity contribution in [1.29, 1.82) is 0 Å². The van der Waals surface area contributed by atoms with Crippen LogP contribution in [0.25, 0.3) is 0 Å². The Hall–Kier alpha value is -1.67. The maximum Gasteiger partial charge on any atom is 0.127 e. The van der Waals surface area contributed by atoms with E-state index in [0.29, 0.717) is 0 Å².